The number of hydrogen-bond donors (Lipinski definition) is 2. The fourth-order valence-electron chi connectivity index (χ4n) is 2.51. The van der Waals surface area contributed by atoms with Gasteiger partial charge < -0.3 is 19.9 Å². The average molecular weight is 293 g/mol. The Morgan fingerprint density at radius 3 is 2.90 bits per heavy atom. The van der Waals surface area contributed by atoms with Crippen LogP contribution >= 0.6 is 0 Å². The van der Waals surface area contributed by atoms with E-state index in [0.29, 0.717) is 25.9 Å². The monoisotopic (exact) mass is 293 g/mol. The van der Waals surface area contributed by atoms with E-state index in [2.05, 4.69) is 5.32 Å². The van der Waals surface area contributed by atoms with Crippen molar-refractivity contribution in [3.63, 3.8) is 0 Å². The fourth-order valence-corrected chi connectivity index (χ4v) is 2.51. The van der Waals surface area contributed by atoms with Gasteiger partial charge in [-0.05, 0) is 37.8 Å². The van der Waals surface area contributed by atoms with Crippen molar-refractivity contribution >= 4 is 0 Å². The van der Waals surface area contributed by atoms with E-state index < -0.39 is 6.10 Å². The molecule has 1 aliphatic heterocycles. The van der Waals surface area contributed by atoms with E-state index in [0.717, 1.165) is 25.1 Å². The van der Waals surface area contributed by atoms with E-state index in [1.807, 2.05) is 30.3 Å². The molecule has 1 aromatic rings. The topological polar surface area (TPSA) is 50.7 Å². The molecule has 1 aromatic carbocycles. The van der Waals surface area contributed by atoms with Crippen molar-refractivity contribution in [1.82, 2.24) is 5.32 Å². The molecule has 4 nitrogen and oxygen atoms in total. The summed E-state index contributed by atoms with van der Waals surface area (Å²) in [5.74, 6) is 0. The van der Waals surface area contributed by atoms with Crippen LogP contribution in [0, 0.1) is 0 Å². The van der Waals surface area contributed by atoms with Crippen LogP contribution in [0.1, 0.15) is 31.2 Å². The van der Waals surface area contributed by atoms with Crippen molar-refractivity contribution in [2.24, 2.45) is 0 Å². The molecular formula is C17H27NO3. The van der Waals surface area contributed by atoms with Crippen molar-refractivity contribution in [3.05, 3.63) is 35.9 Å². The van der Waals surface area contributed by atoms with Gasteiger partial charge in [-0.15, -0.1) is 0 Å². The average Bonchev–Trinajstić information content (AvgIpc) is 2.54. The first-order valence-electron chi connectivity index (χ1n) is 7.96. The third-order valence-corrected chi connectivity index (χ3v) is 3.72. The summed E-state index contributed by atoms with van der Waals surface area (Å²) in [5.41, 5.74) is 1.13. The highest BCUT2D eigenvalue weighted by molar-refractivity contribution is 5.13. The molecule has 0 spiro atoms. The molecule has 0 aromatic heterocycles. The van der Waals surface area contributed by atoms with Crippen LogP contribution in [0.2, 0.25) is 0 Å². The summed E-state index contributed by atoms with van der Waals surface area (Å²) in [5, 5.41) is 13.1. The van der Waals surface area contributed by atoms with Gasteiger partial charge in [0, 0.05) is 13.2 Å². The summed E-state index contributed by atoms with van der Waals surface area (Å²) in [7, 11) is 0. The molecule has 2 unspecified atom stereocenters. The molecule has 4 heteroatoms. The van der Waals surface area contributed by atoms with Crippen LogP contribution in [-0.2, 0) is 16.1 Å². The lowest BCUT2D eigenvalue weighted by molar-refractivity contribution is 0.00899. The molecule has 0 saturated carbocycles. The summed E-state index contributed by atoms with van der Waals surface area (Å²) < 4.78 is 11.2. The molecule has 2 atom stereocenters. The van der Waals surface area contributed by atoms with Gasteiger partial charge in [-0.2, -0.15) is 0 Å². The molecule has 21 heavy (non-hydrogen) atoms. The molecule has 2 rings (SSSR count). The van der Waals surface area contributed by atoms with Crippen LogP contribution in [0.5, 0.6) is 0 Å². The van der Waals surface area contributed by atoms with Crippen molar-refractivity contribution in [2.45, 2.75) is 44.5 Å². The minimum atomic E-state index is -0.457. The summed E-state index contributed by atoms with van der Waals surface area (Å²) in [4.78, 5) is 0. The summed E-state index contributed by atoms with van der Waals surface area (Å²) >= 11 is 0. The number of nitrogens with one attached hydrogen (secondary N) is 1. The number of ether oxygens (including phenoxy) is 2. The number of benzene rings is 1. The number of hydrogen-bond acceptors (Lipinski definition) is 4. The Morgan fingerprint density at radius 1 is 1.29 bits per heavy atom. The maximum atomic E-state index is 9.85. The van der Waals surface area contributed by atoms with Crippen LogP contribution in [-0.4, -0.2) is 43.6 Å². The SMILES string of the molecule is OC(CNCCC1CCCCO1)COCc1ccccc1. The van der Waals surface area contributed by atoms with Crippen LogP contribution in [0.3, 0.4) is 0 Å². The highest BCUT2D eigenvalue weighted by Gasteiger charge is 2.13. The van der Waals surface area contributed by atoms with Crippen molar-refractivity contribution in [1.29, 1.82) is 0 Å². The lowest BCUT2D eigenvalue weighted by atomic mass is 10.1. The third kappa shape index (κ3) is 7.05. The second kappa shape index (κ2) is 9.90. The second-order valence-electron chi connectivity index (χ2n) is 5.64. The molecule has 118 valence electrons. The zero-order chi connectivity index (χ0) is 14.8. The van der Waals surface area contributed by atoms with Crippen LogP contribution in [0.25, 0.3) is 0 Å². The van der Waals surface area contributed by atoms with Crippen molar-refractivity contribution in [2.75, 3.05) is 26.3 Å². The minimum Gasteiger partial charge on any atom is -0.389 e. The normalized spacial score (nSPS) is 20.3. The van der Waals surface area contributed by atoms with Gasteiger partial charge in [0.05, 0.1) is 25.4 Å². The van der Waals surface area contributed by atoms with Gasteiger partial charge in [-0.3, -0.25) is 0 Å². The lowest BCUT2D eigenvalue weighted by Gasteiger charge is -2.22. The van der Waals surface area contributed by atoms with E-state index in [4.69, 9.17) is 9.47 Å². The predicted molar refractivity (Wildman–Crippen MR) is 83.2 cm³/mol. The molecule has 1 heterocycles. The molecule has 0 bridgehead atoms. The lowest BCUT2D eigenvalue weighted by Crippen LogP contribution is -2.33. The highest BCUT2D eigenvalue weighted by atomic mass is 16.5. The van der Waals surface area contributed by atoms with Crippen LogP contribution in [0.15, 0.2) is 30.3 Å². The Balaban J connectivity index is 1.46. The van der Waals surface area contributed by atoms with Gasteiger partial charge >= 0.3 is 0 Å². The van der Waals surface area contributed by atoms with E-state index in [9.17, 15) is 5.11 Å². The first kappa shape index (κ1) is 16.4. The highest BCUT2D eigenvalue weighted by Crippen LogP contribution is 2.14. The molecule has 1 aliphatic rings. The molecule has 0 radical (unpaired) electrons. The molecule has 0 amide bonds. The van der Waals surface area contributed by atoms with E-state index in [1.165, 1.54) is 19.3 Å². The summed E-state index contributed by atoms with van der Waals surface area (Å²) in [6, 6.07) is 10.0. The van der Waals surface area contributed by atoms with Crippen LogP contribution in [0.4, 0.5) is 0 Å². The van der Waals surface area contributed by atoms with E-state index >= 15 is 0 Å². The zero-order valence-corrected chi connectivity index (χ0v) is 12.7. The Morgan fingerprint density at radius 2 is 2.14 bits per heavy atom. The first-order valence-corrected chi connectivity index (χ1v) is 7.96. The molecule has 0 aliphatic carbocycles. The van der Waals surface area contributed by atoms with E-state index in [1.54, 1.807) is 0 Å². The second-order valence-corrected chi connectivity index (χ2v) is 5.64. The number of aliphatic hydroxyl groups excluding tert-OH is 1. The Bertz CT molecular complexity index is 366. The molecule has 2 N–H and O–H groups in total. The fraction of sp³-hybridized carbons (Fsp3) is 0.647. The predicted octanol–water partition coefficient (Wildman–Crippen LogP) is 2.11. The van der Waals surface area contributed by atoms with Crippen molar-refractivity contribution in [3.8, 4) is 0 Å². The quantitative estimate of drug-likeness (QED) is 0.685. The van der Waals surface area contributed by atoms with Gasteiger partial charge in [0.2, 0.25) is 0 Å². The summed E-state index contributed by atoms with van der Waals surface area (Å²) in [6.45, 7) is 3.28. The Hall–Kier alpha value is -0.940. The molecular weight excluding hydrogens is 266 g/mol. The Labute approximate surface area is 127 Å². The largest absolute Gasteiger partial charge is 0.389 e. The smallest absolute Gasteiger partial charge is 0.0897 e. The number of aliphatic hydroxyl groups is 1. The minimum absolute atomic E-state index is 0.363. The number of rotatable bonds is 9. The van der Waals surface area contributed by atoms with Gasteiger partial charge in [-0.1, -0.05) is 30.3 Å². The van der Waals surface area contributed by atoms with Crippen LogP contribution < -0.4 is 5.32 Å². The van der Waals surface area contributed by atoms with Gasteiger partial charge in [0.15, 0.2) is 0 Å². The van der Waals surface area contributed by atoms with Gasteiger partial charge in [-0.25, -0.2) is 0 Å². The third-order valence-electron chi connectivity index (χ3n) is 3.72. The summed E-state index contributed by atoms with van der Waals surface area (Å²) in [6.07, 6.45) is 4.61. The van der Waals surface area contributed by atoms with Gasteiger partial charge in [0.1, 0.15) is 0 Å². The maximum Gasteiger partial charge on any atom is 0.0897 e. The molecule has 1 fully saturated rings. The van der Waals surface area contributed by atoms with Crippen molar-refractivity contribution < 1.29 is 14.6 Å². The van der Waals surface area contributed by atoms with E-state index in [-0.39, 0.29) is 0 Å². The Kier molecular flexibility index (Phi) is 7.75. The molecule has 1 saturated heterocycles. The van der Waals surface area contributed by atoms with Gasteiger partial charge in [0.25, 0.3) is 0 Å². The standard InChI is InChI=1S/C17H27NO3/c19-16(14-20-13-15-6-2-1-3-7-15)12-18-10-9-17-8-4-5-11-21-17/h1-3,6-7,16-19H,4-5,8-14H2. The first-order chi connectivity index (χ1) is 10.3. The zero-order valence-electron chi connectivity index (χ0n) is 12.7. The maximum absolute atomic E-state index is 9.85.